The summed E-state index contributed by atoms with van der Waals surface area (Å²) in [5, 5.41) is 11.3. The Kier molecular flexibility index (Phi) is 3.72. The van der Waals surface area contributed by atoms with Gasteiger partial charge >= 0.3 is 5.97 Å². The number of rotatable bonds is 4. The highest BCUT2D eigenvalue weighted by Crippen LogP contribution is 1.96. The molecule has 0 saturated carbocycles. The molecule has 0 aliphatic rings. The van der Waals surface area contributed by atoms with Crippen LogP contribution in [0.15, 0.2) is 12.2 Å². The van der Waals surface area contributed by atoms with E-state index in [9.17, 15) is 4.79 Å². The molecule has 0 aliphatic heterocycles. The Morgan fingerprint density at radius 1 is 1.80 bits per heavy atom. The van der Waals surface area contributed by atoms with E-state index in [0.29, 0.717) is 12.1 Å². The van der Waals surface area contributed by atoms with Gasteiger partial charge in [0.15, 0.2) is 0 Å². The summed E-state index contributed by atoms with van der Waals surface area (Å²) in [5.41, 5.74) is 0.634. The average molecular weight is 143 g/mol. The van der Waals surface area contributed by atoms with Gasteiger partial charge in [0.25, 0.3) is 0 Å². The second-order valence-corrected chi connectivity index (χ2v) is 2.18. The Bertz CT molecular complexity index is 129. The maximum atomic E-state index is 10.4. The van der Waals surface area contributed by atoms with Crippen molar-refractivity contribution in [3.63, 3.8) is 0 Å². The standard InChI is InChI=1S/C7H13NO2/c1-4-8-6(5(2)3)7(9)10/h6,8H,2,4H2,1,3H3,(H,9,10). The predicted molar refractivity (Wildman–Crippen MR) is 39.9 cm³/mol. The van der Waals surface area contributed by atoms with Crippen molar-refractivity contribution < 1.29 is 9.90 Å². The van der Waals surface area contributed by atoms with Crippen LogP contribution >= 0.6 is 0 Å². The van der Waals surface area contributed by atoms with E-state index in [4.69, 9.17) is 5.11 Å². The van der Waals surface area contributed by atoms with Crippen molar-refractivity contribution >= 4 is 5.97 Å². The van der Waals surface area contributed by atoms with Crippen molar-refractivity contribution in [1.29, 1.82) is 0 Å². The molecular weight excluding hydrogens is 130 g/mol. The first-order valence-electron chi connectivity index (χ1n) is 3.21. The van der Waals surface area contributed by atoms with Gasteiger partial charge in [-0.05, 0) is 13.5 Å². The zero-order chi connectivity index (χ0) is 8.15. The molecule has 0 aromatic carbocycles. The normalized spacial score (nSPS) is 12.6. The van der Waals surface area contributed by atoms with Gasteiger partial charge in [-0.3, -0.25) is 4.79 Å². The van der Waals surface area contributed by atoms with Crippen LogP contribution in [0.5, 0.6) is 0 Å². The van der Waals surface area contributed by atoms with Crippen molar-refractivity contribution in [3.05, 3.63) is 12.2 Å². The summed E-state index contributed by atoms with van der Waals surface area (Å²) < 4.78 is 0. The van der Waals surface area contributed by atoms with E-state index in [2.05, 4.69) is 11.9 Å². The molecule has 58 valence electrons. The molecule has 0 radical (unpaired) electrons. The molecule has 2 N–H and O–H groups in total. The summed E-state index contributed by atoms with van der Waals surface area (Å²) in [6.45, 7) is 7.75. The third-order valence-corrected chi connectivity index (χ3v) is 1.15. The first kappa shape index (κ1) is 9.17. The number of nitrogens with one attached hydrogen (secondary N) is 1. The first-order valence-corrected chi connectivity index (χ1v) is 3.21. The molecule has 3 heteroatoms. The van der Waals surface area contributed by atoms with Crippen LogP contribution in [0.4, 0.5) is 0 Å². The van der Waals surface area contributed by atoms with E-state index >= 15 is 0 Å². The van der Waals surface area contributed by atoms with E-state index in [1.165, 1.54) is 0 Å². The highest BCUT2D eigenvalue weighted by Gasteiger charge is 2.15. The summed E-state index contributed by atoms with van der Waals surface area (Å²) in [6.07, 6.45) is 0. The van der Waals surface area contributed by atoms with Crippen LogP contribution in [0, 0.1) is 0 Å². The molecule has 10 heavy (non-hydrogen) atoms. The van der Waals surface area contributed by atoms with Crippen molar-refractivity contribution in [2.75, 3.05) is 6.54 Å². The molecule has 1 unspecified atom stereocenters. The van der Waals surface area contributed by atoms with E-state index in [1.54, 1.807) is 6.92 Å². The number of carboxylic acid groups (broad SMARTS) is 1. The van der Waals surface area contributed by atoms with Crippen LogP contribution in [-0.2, 0) is 4.79 Å². The Morgan fingerprint density at radius 3 is 2.40 bits per heavy atom. The summed E-state index contributed by atoms with van der Waals surface area (Å²) in [5.74, 6) is -0.866. The lowest BCUT2D eigenvalue weighted by Gasteiger charge is -2.11. The van der Waals surface area contributed by atoms with Gasteiger partial charge in [0.05, 0.1) is 0 Å². The summed E-state index contributed by atoms with van der Waals surface area (Å²) >= 11 is 0. The number of likely N-dealkylation sites (N-methyl/N-ethyl adjacent to an activating group) is 1. The van der Waals surface area contributed by atoms with Crippen LogP contribution in [0.3, 0.4) is 0 Å². The molecule has 0 fully saturated rings. The fraction of sp³-hybridized carbons (Fsp3) is 0.571. The predicted octanol–water partition coefficient (Wildman–Crippen LogP) is 0.625. The van der Waals surface area contributed by atoms with Crippen molar-refractivity contribution in [1.82, 2.24) is 5.32 Å². The second-order valence-electron chi connectivity index (χ2n) is 2.18. The maximum Gasteiger partial charge on any atom is 0.324 e. The fourth-order valence-electron chi connectivity index (χ4n) is 0.676. The van der Waals surface area contributed by atoms with Gasteiger partial charge in [0.1, 0.15) is 6.04 Å². The van der Waals surface area contributed by atoms with Crippen molar-refractivity contribution in [2.24, 2.45) is 0 Å². The number of carboxylic acids is 1. The lowest BCUT2D eigenvalue weighted by atomic mass is 10.1. The summed E-state index contributed by atoms with van der Waals surface area (Å²) in [6, 6.07) is -0.593. The zero-order valence-electron chi connectivity index (χ0n) is 6.35. The van der Waals surface area contributed by atoms with Crippen molar-refractivity contribution in [3.8, 4) is 0 Å². The number of carbonyl (C=O) groups is 1. The summed E-state index contributed by atoms with van der Waals surface area (Å²) in [7, 11) is 0. The highest BCUT2D eigenvalue weighted by molar-refractivity contribution is 5.77. The van der Waals surface area contributed by atoms with Gasteiger partial charge in [-0.15, -0.1) is 0 Å². The molecule has 0 bridgehead atoms. The minimum absolute atomic E-state index is 0.593. The Hall–Kier alpha value is -0.830. The Morgan fingerprint density at radius 2 is 2.30 bits per heavy atom. The largest absolute Gasteiger partial charge is 0.480 e. The van der Waals surface area contributed by atoms with E-state index in [0.717, 1.165) is 0 Å². The quantitative estimate of drug-likeness (QED) is 0.567. The number of hydrogen-bond acceptors (Lipinski definition) is 2. The molecule has 0 aromatic heterocycles. The zero-order valence-corrected chi connectivity index (χ0v) is 6.35. The highest BCUT2D eigenvalue weighted by atomic mass is 16.4. The molecule has 0 aliphatic carbocycles. The van der Waals surface area contributed by atoms with Crippen LogP contribution in [0.2, 0.25) is 0 Å². The molecule has 0 aromatic rings. The van der Waals surface area contributed by atoms with E-state index < -0.39 is 12.0 Å². The van der Waals surface area contributed by atoms with Crippen LogP contribution in [-0.4, -0.2) is 23.7 Å². The molecule has 3 nitrogen and oxygen atoms in total. The molecule has 1 atom stereocenters. The van der Waals surface area contributed by atoms with Gasteiger partial charge in [0, 0.05) is 0 Å². The summed E-state index contributed by atoms with van der Waals surface area (Å²) in [4.78, 5) is 10.4. The smallest absolute Gasteiger partial charge is 0.324 e. The third-order valence-electron chi connectivity index (χ3n) is 1.15. The van der Waals surface area contributed by atoms with E-state index in [1.807, 2.05) is 6.92 Å². The third kappa shape index (κ3) is 2.64. The Labute approximate surface area is 60.7 Å². The molecule has 0 saturated heterocycles. The van der Waals surface area contributed by atoms with Gasteiger partial charge < -0.3 is 10.4 Å². The molecule has 0 spiro atoms. The lowest BCUT2D eigenvalue weighted by molar-refractivity contribution is -0.138. The van der Waals surface area contributed by atoms with Crippen LogP contribution < -0.4 is 5.32 Å². The Balaban J connectivity index is 3.98. The number of aliphatic carboxylic acids is 1. The minimum Gasteiger partial charge on any atom is -0.480 e. The van der Waals surface area contributed by atoms with E-state index in [-0.39, 0.29) is 0 Å². The van der Waals surface area contributed by atoms with Gasteiger partial charge in [0.2, 0.25) is 0 Å². The monoisotopic (exact) mass is 143 g/mol. The van der Waals surface area contributed by atoms with Crippen LogP contribution in [0.1, 0.15) is 13.8 Å². The second kappa shape index (κ2) is 4.06. The van der Waals surface area contributed by atoms with Gasteiger partial charge in [-0.25, -0.2) is 0 Å². The molecule has 0 heterocycles. The van der Waals surface area contributed by atoms with Gasteiger partial charge in [-0.2, -0.15) is 0 Å². The number of hydrogen-bond donors (Lipinski definition) is 2. The first-order chi connectivity index (χ1) is 4.59. The topological polar surface area (TPSA) is 49.3 Å². The molecule has 0 amide bonds. The average Bonchev–Trinajstić information content (AvgIpc) is 1.81. The molecular formula is C7H13NO2. The molecule has 0 rings (SSSR count). The van der Waals surface area contributed by atoms with Crippen molar-refractivity contribution in [2.45, 2.75) is 19.9 Å². The van der Waals surface area contributed by atoms with Crippen LogP contribution in [0.25, 0.3) is 0 Å². The SMILES string of the molecule is C=C(C)C(NCC)C(=O)O. The minimum atomic E-state index is -0.866. The lowest BCUT2D eigenvalue weighted by Crippen LogP contribution is -2.37. The van der Waals surface area contributed by atoms with Gasteiger partial charge in [-0.1, -0.05) is 19.1 Å². The fourth-order valence-corrected chi connectivity index (χ4v) is 0.676. The maximum absolute atomic E-state index is 10.4.